The van der Waals surface area contributed by atoms with Crippen LogP contribution in [0.25, 0.3) is 0 Å². The number of benzene rings is 1. The summed E-state index contributed by atoms with van der Waals surface area (Å²) >= 11 is 1.39. The summed E-state index contributed by atoms with van der Waals surface area (Å²) in [4.78, 5) is 33.9. The monoisotopic (exact) mass is 453 g/mol. The van der Waals surface area contributed by atoms with E-state index in [1.54, 1.807) is 11.0 Å². The van der Waals surface area contributed by atoms with Gasteiger partial charge < -0.3 is 10.2 Å². The Morgan fingerprint density at radius 1 is 1.22 bits per heavy atom. The molecule has 166 valence electrons. The van der Waals surface area contributed by atoms with E-state index in [9.17, 15) is 19.2 Å². The lowest BCUT2D eigenvalue weighted by molar-refractivity contribution is -0.117. The van der Waals surface area contributed by atoms with Crippen molar-refractivity contribution in [1.29, 1.82) is 5.26 Å². The highest BCUT2D eigenvalue weighted by Gasteiger charge is 2.31. The van der Waals surface area contributed by atoms with Gasteiger partial charge in [0.05, 0.1) is 17.7 Å². The molecule has 0 radical (unpaired) electrons. The standard InChI is InChI=1S/C23H24FN5O2S/c1-32-22-19(13-25)18(12-20(27-22)15-2-3-15)23(31)29-10-8-28(9-11-29)14-21(30)26-17-6-4-16(24)5-7-17/h4-7,12,15H,2-3,8-11,14H2,1H3,(H,26,30). The van der Waals surface area contributed by atoms with Crippen molar-refractivity contribution in [3.63, 3.8) is 0 Å². The predicted octanol–water partition coefficient (Wildman–Crippen LogP) is 3.09. The number of pyridine rings is 1. The first-order valence-electron chi connectivity index (χ1n) is 10.5. The normalized spacial score (nSPS) is 16.5. The molecule has 1 aliphatic carbocycles. The highest BCUT2D eigenvalue weighted by molar-refractivity contribution is 7.98. The molecule has 1 aliphatic heterocycles. The van der Waals surface area contributed by atoms with E-state index >= 15 is 0 Å². The van der Waals surface area contributed by atoms with Crippen molar-refractivity contribution in [2.24, 2.45) is 0 Å². The van der Waals surface area contributed by atoms with Crippen LogP contribution >= 0.6 is 11.8 Å². The van der Waals surface area contributed by atoms with Crippen molar-refractivity contribution in [3.05, 3.63) is 53.0 Å². The summed E-state index contributed by atoms with van der Waals surface area (Å²) in [7, 11) is 0. The lowest BCUT2D eigenvalue weighted by Gasteiger charge is -2.34. The van der Waals surface area contributed by atoms with Crippen LogP contribution in [0.5, 0.6) is 0 Å². The first-order chi connectivity index (χ1) is 15.5. The molecule has 0 unspecified atom stereocenters. The zero-order chi connectivity index (χ0) is 22.7. The molecule has 7 nitrogen and oxygen atoms in total. The number of nitrogens with zero attached hydrogens (tertiary/aromatic N) is 4. The van der Waals surface area contributed by atoms with Gasteiger partial charge in [-0.2, -0.15) is 5.26 Å². The van der Waals surface area contributed by atoms with E-state index in [1.807, 2.05) is 11.2 Å². The molecule has 0 bridgehead atoms. The summed E-state index contributed by atoms with van der Waals surface area (Å²) in [5, 5.41) is 13.0. The van der Waals surface area contributed by atoms with Crippen molar-refractivity contribution < 1.29 is 14.0 Å². The second-order valence-electron chi connectivity index (χ2n) is 7.99. The molecule has 2 heterocycles. The molecule has 4 rings (SSSR count). The van der Waals surface area contributed by atoms with Gasteiger partial charge in [0, 0.05) is 43.5 Å². The van der Waals surface area contributed by atoms with E-state index in [-0.39, 0.29) is 24.2 Å². The highest BCUT2D eigenvalue weighted by atomic mass is 32.2. The average Bonchev–Trinajstić information content (AvgIpc) is 3.65. The number of hydrogen-bond donors (Lipinski definition) is 1. The van der Waals surface area contributed by atoms with Gasteiger partial charge >= 0.3 is 0 Å². The molecular weight excluding hydrogens is 429 g/mol. The molecule has 1 N–H and O–H groups in total. The van der Waals surface area contributed by atoms with Crippen LogP contribution in [-0.4, -0.2) is 65.6 Å². The van der Waals surface area contributed by atoms with Crippen LogP contribution < -0.4 is 5.32 Å². The first kappa shape index (κ1) is 22.2. The number of piperazine rings is 1. The Hall–Kier alpha value is -2.96. The quantitative estimate of drug-likeness (QED) is 0.676. The van der Waals surface area contributed by atoms with Gasteiger partial charge in [0.2, 0.25) is 5.91 Å². The maximum absolute atomic E-state index is 13.2. The van der Waals surface area contributed by atoms with Crippen LogP contribution in [0.15, 0.2) is 35.4 Å². The fourth-order valence-corrected chi connectivity index (χ4v) is 4.33. The maximum Gasteiger partial charge on any atom is 0.255 e. The smallest absolute Gasteiger partial charge is 0.255 e. The number of anilines is 1. The summed E-state index contributed by atoms with van der Waals surface area (Å²) in [6, 6.07) is 9.59. The molecule has 1 aromatic carbocycles. The lowest BCUT2D eigenvalue weighted by Crippen LogP contribution is -2.50. The fourth-order valence-electron chi connectivity index (χ4n) is 3.77. The molecule has 1 saturated carbocycles. The largest absolute Gasteiger partial charge is 0.336 e. The summed E-state index contributed by atoms with van der Waals surface area (Å²) in [6.07, 6.45) is 4.00. The van der Waals surface area contributed by atoms with Crippen LogP contribution in [0.1, 0.15) is 40.4 Å². The average molecular weight is 454 g/mol. The Labute approximate surface area is 190 Å². The van der Waals surface area contributed by atoms with Gasteiger partial charge in [-0.3, -0.25) is 14.5 Å². The van der Waals surface area contributed by atoms with Gasteiger partial charge in [0.15, 0.2) is 0 Å². The number of halogens is 1. The number of nitrogens with one attached hydrogen (secondary N) is 1. The lowest BCUT2D eigenvalue weighted by atomic mass is 10.1. The van der Waals surface area contributed by atoms with Crippen molar-refractivity contribution in [2.75, 3.05) is 44.3 Å². The summed E-state index contributed by atoms with van der Waals surface area (Å²) in [5.41, 5.74) is 2.21. The minimum atomic E-state index is -0.355. The summed E-state index contributed by atoms with van der Waals surface area (Å²) in [5.74, 6) is -0.310. The number of hydrogen-bond acceptors (Lipinski definition) is 6. The molecule has 32 heavy (non-hydrogen) atoms. The van der Waals surface area contributed by atoms with Gasteiger partial charge in [-0.25, -0.2) is 9.37 Å². The van der Waals surface area contributed by atoms with Crippen LogP contribution in [-0.2, 0) is 4.79 Å². The van der Waals surface area contributed by atoms with Gasteiger partial charge in [-0.1, -0.05) is 0 Å². The zero-order valence-electron chi connectivity index (χ0n) is 17.8. The molecule has 2 aromatic rings. The molecule has 2 aliphatic rings. The number of rotatable bonds is 6. The molecule has 1 aromatic heterocycles. The molecule has 2 fully saturated rings. The van der Waals surface area contributed by atoms with Crippen molar-refractivity contribution in [1.82, 2.24) is 14.8 Å². The number of nitriles is 1. The Bertz CT molecular complexity index is 1060. The van der Waals surface area contributed by atoms with E-state index in [2.05, 4.69) is 16.4 Å². The minimum absolute atomic E-state index is 0.156. The number of thioether (sulfide) groups is 1. The van der Waals surface area contributed by atoms with Gasteiger partial charge in [0.25, 0.3) is 5.91 Å². The second kappa shape index (κ2) is 9.67. The van der Waals surface area contributed by atoms with E-state index in [1.165, 1.54) is 36.0 Å². The SMILES string of the molecule is CSc1nc(C2CC2)cc(C(=O)N2CCN(CC(=O)Nc3ccc(F)cc3)CC2)c1C#N. The second-order valence-corrected chi connectivity index (χ2v) is 8.78. The Morgan fingerprint density at radius 2 is 1.91 bits per heavy atom. The van der Waals surface area contributed by atoms with E-state index in [0.717, 1.165) is 18.5 Å². The molecule has 9 heteroatoms. The first-order valence-corrected chi connectivity index (χ1v) is 11.8. The van der Waals surface area contributed by atoms with Crippen molar-refractivity contribution >= 4 is 29.3 Å². The molecular formula is C23H24FN5O2S. The number of aromatic nitrogens is 1. The number of carbonyl (C=O) groups is 2. The van der Waals surface area contributed by atoms with E-state index in [0.29, 0.717) is 53.9 Å². The fraction of sp³-hybridized carbons (Fsp3) is 0.391. The van der Waals surface area contributed by atoms with Gasteiger partial charge in [0.1, 0.15) is 16.9 Å². The Kier molecular flexibility index (Phi) is 6.72. The Balaban J connectivity index is 1.37. The Morgan fingerprint density at radius 3 is 2.50 bits per heavy atom. The van der Waals surface area contributed by atoms with Gasteiger partial charge in [-0.05, 0) is 49.4 Å². The summed E-state index contributed by atoms with van der Waals surface area (Å²) < 4.78 is 13.0. The van der Waals surface area contributed by atoms with Crippen molar-refractivity contribution in [2.45, 2.75) is 23.8 Å². The van der Waals surface area contributed by atoms with E-state index in [4.69, 9.17) is 0 Å². The minimum Gasteiger partial charge on any atom is -0.336 e. The maximum atomic E-state index is 13.2. The van der Waals surface area contributed by atoms with Crippen LogP contribution in [0, 0.1) is 17.1 Å². The molecule has 2 amide bonds. The van der Waals surface area contributed by atoms with Crippen molar-refractivity contribution in [3.8, 4) is 6.07 Å². The molecule has 0 atom stereocenters. The third kappa shape index (κ3) is 5.09. The third-order valence-corrected chi connectivity index (χ3v) is 6.37. The zero-order valence-corrected chi connectivity index (χ0v) is 18.6. The topological polar surface area (TPSA) is 89.3 Å². The van der Waals surface area contributed by atoms with Gasteiger partial charge in [-0.15, -0.1) is 11.8 Å². The number of amides is 2. The van der Waals surface area contributed by atoms with Crippen LogP contribution in [0.2, 0.25) is 0 Å². The predicted molar refractivity (Wildman–Crippen MR) is 120 cm³/mol. The van der Waals surface area contributed by atoms with E-state index < -0.39 is 0 Å². The molecule has 0 spiro atoms. The highest BCUT2D eigenvalue weighted by Crippen LogP contribution is 2.40. The number of carbonyl (C=O) groups excluding carboxylic acids is 2. The third-order valence-electron chi connectivity index (χ3n) is 5.69. The van der Waals surface area contributed by atoms with Crippen LogP contribution in [0.3, 0.4) is 0 Å². The summed E-state index contributed by atoms with van der Waals surface area (Å²) in [6.45, 7) is 2.26. The van der Waals surface area contributed by atoms with Crippen LogP contribution in [0.4, 0.5) is 10.1 Å². The molecule has 1 saturated heterocycles.